The van der Waals surface area contributed by atoms with E-state index in [4.69, 9.17) is 0 Å². The minimum Gasteiger partial charge on any atom is -0.393 e. The fourth-order valence-corrected chi connectivity index (χ4v) is 4.47. The zero-order chi connectivity index (χ0) is 16.4. The highest BCUT2D eigenvalue weighted by atomic mass is 16.3. The lowest BCUT2D eigenvalue weighted by Gasteiger charge is -2.34. The Hall–Kier alpha value is -0.870. The molecule has 4 atom stereocenters. The molecular weight excluding hydrogens is 288 g/mol. The van der Waals surface area contributed by atoms with Crippen LogP contribution in [0, 0.1) is 23.7 Å². The zero-order valence-electron chi connectivity index (χ0n) is 14.6. The van der Waals surface area contributed by atoms with Gasteiger partial charge in [0.05, 0.1) is 12.1 Å². The topological polar surface area (TPSA) is 52.6 Å². The maximum absolute atomic E-state index is 12.9. The van der Waals surface area contributed by atoms with Crippen LogP contribution < -0.4 is 5.32 Å². The Bertz CT molecular complexity index is 441. The Kier molecular flexibility index (Phi) is 5.42. The summed E-state index contributed by atoms with van der Waals surface area (Å²) in [6.07, 6.45) is 9.47. The van der Waals surface area contributed by atoms with Gasteiger partial charge in [0, 0.05) is 13.1 Å². The monoisotopic (exact) mass is 320 g/mol. The molecule has 1 heterocycles. The molecule has 1 aliphatic heterocycles. The standard InChI is InChI=1S/C19H32N2O2/c1-13(2)9-18(19(23)21-7-5-17(22)6-8-21)20-12-16-11-14-3-4-15(16)10-14/h3-4,13-18,20,22H,5-12H2,1-2H3/t14-,15-,16-,18+/m0/s1. The van der Waals surface area contributed by atoms with Gasteiger partial charge >= 0.3 is 0 Å². The largest absolute Gasteiger partial charge is 0.393 e. The Balaban J connectivity index is 1.54. The summed E-state index contributed by atoms with van der Waals surface area (Å²) < 4.78 is 0. The molecule has 2 N–H and O–H groups in total. The molecule has 3 aliphatic rings. The molecule has 4 heteroatoms. The van der Waals surface area contributed by atoms with E-state index in [1.54, 1.807) is 0 Å². The van der Waals surface area contributed by atoms with Crippen LogP contribution in [0.4, 0.5) is 0 Å². The van der Waals surface area contributed by atoms with Gasteiger partial charge in [-0.25, -0.2) is 0 Å². The van der Waals surface area contributed by atoms with Crippen LogP contribution in [0.25, 0.3) is 0 Å². The highest BCUT2D eigenvalue weighted by molar-refractivity contribution is 5.82. The van der Waals surface area contributed by atoms with Gasteiger partial charge in [0.15, 0.2) is 0 Å². The molecule has 1 amide bonds. The summed E-state index contributed by atoms with van der Waals surface area (Å²) >= 11 is 0. The second kappa shape index (κ2) is 7.35. The highest BCUT2D eigenvalue weighted by Crippen LogP contribution is 2.43. The number of nitrogens with zero attached hydrogens (tertiary/aromatic N) is 1. The predicted molar refractivity (Wildman–Crippen MR) is 91.9 cm³/mol. The number of rotatable bonds is 6. The summed E-state index contributed by atoms with van der Waals surface area (Å²) in [7, 11) is 0. The molecule has 0 radical (unpaired) electrons. The first kappa shape index (κ1) is 17.0. The van der Waals surface area contributed by atoms with Crippen molar-refractivity contribution in [2.24, 2.45) is 23.7 Å². The molecule has 130 valence electrons. The van der Waals surface area contributed by atoms with E-state index in [1.807, 2.05) is 4.90 Å². The molecule has 1 saturated heterocycles. The van der Waals surface area contributed by atoms with Gasteiger partial charge < -0.3 is 15.3 Å². The number of carbonyl (C=O) groups is 1. The second-order valence-electron chi connectivity index (χ2n) is 8.19. The number of hydrogen-bond acceptors (Lipinski definition) is 3. The number of hydrogen-bond donors (Lipinski definition) is 2. The lowest BCUT2D eigenvalue weighted by atomic mass is 9.92. The second-order valence-corrected chi connectivity index (χ2v) is 8.19. The van der Waals surface area contributed by atoms with E-state index in [2.05, 4.69) is 31.3 Å². The Labute approximate surface area is 140 Å². The molecule has 3 rings (SSSR count). The Morgan fingerprint density at radius 2 is 2.00 bits per heavy atom. The SMILES string of the molecule is CC(C)C[C@@H](NC[C@@H]1C[C@H]2C=C[C@H]1C2)C(=O)N1CCC(O)CC1. The number of aliphatic hydroxyl groups excluding tert-OH is 1. The van der Waals surface area contributed by atoms with Gasteiger partial charge in [-0.15, -0.1) is 0 Å². The van der Waals surface area contributed by atoms with Gasteiger partial charge in [0.25, 0.3) is 0 Å². The number of likely N-dealkylation sites (tertiary alicyclic amines) is 1. The molecule has 0 aromatic carbocycles. The number of fused-ring (bicyclic) bond motifs is 2. The third-order valence-electron chi connectivity index (χ3n) is 5.82. The maximum Gasteiger partial charge on any atom is 0.239 e. The average molecular weight is 320 g/mol. The molecule has 0 aromatic heterocycles. The van der Waals surface area contributed by atoms with Crippen LogP contribution in [0.15, 0.2) is 12.2 Å². The smallest absolute Gasteiger partial charge is 0.239 e. The van der Waals surface area contributed by atoms with E-state index in [0.29, 0.717) is 24.9 Å². The van der Waals surface area contributed by atoms with Crippen LogP contribution in [0.5, 0.6) is 0 Å². The highest BCUT2D eigenvalue weighted by Gasteiger charge is 2.36. The third kappa shape index (κ3) is 4.16. The normalized spacial score (nSPS) is 32.0. The molecule has 1 saturated carbocycles. The molecule has 0 spiro atoms. The third-order valence-corrected chi connectivity index (χ3v) is 5.82. The van der Waals surface area contributed by atoms with E-state index in [-0.39, 0.29) is 18.1 Å². The van der Waals surface area contributed by atoms with Crippen molar-refractivity contribution in [2.75, 3.05) is 19.6 Å². The lowest BCUT2D eigenvalue weighted by molar-refractivity contribution is -0.136. The van der Waals surface area contributed by atoms with Gasteiger partial charge in [0.2, 0.25) is 5.91 Å². The number of nitrogens with one attached hydrogen (secondary N) is 1. The molecule has 23 heavy (non-hydrogen) atoms. The van der Waals surface area contributed by atoms with Gasteiger partial charge in [-0.2, -0.15) is 0 Å². The number of amides is 1. The summed E-state index contributed by atoms with van der Waals surface area (Å²) in [5.41, 5.74) is 0. The van der Waals surface area contributed by atoms with Crippen LogP contribution in [0.1, 0.15) is 46.0 Å². The number of allylic oxidation sites excluding steroid dienone is 2. The summed E-state index contributed by atoms with van der Waals surface area (Å²) in [6, 6.07) is -0.0617. The van der Waals surface area contributed by atoms with Crippen molar-refractivity contribution >= 4 is 5.91 Å². The molecular formula is C19H32N2O2. The molecule has 4 nitrogen and oxygen atoms in total. The Morgan fingerprint density at radius 1 is 1.26 bits per heavy atom. The first-order valence-corrected chi connectivity index (χ1v) is 9.41. The van der Waals surface area contributed by atoms with E-state index in [1.165, 1.54) is 12.8 Å². The van der Waals surface area contributed by atoms with Crippen LogP contribution in [-0.4, -0.2) is 47.7 Å². The minimum absolute atomic E-state index is 0.0617. The lowest BCUT2D eigenvalue weighted by Crippen LogP contribution is -2.51. The molecule has 2 fully saturated rings. The number of aliphatic hydroxyl groups is 1. The molecule has 2 aliphatic carbocycles. The predicted octanol–water partition coefficient (Wildman–Crippen LogP) is 2.19. The van der Waals surface area contributed by atoms with Gasteiger partial charge in [-0.05, 0) is 62.3 Å². The molecule has 2 bridgehead atoms. The fraction of sp³-hybridized carbons (Fsp3) is 0.842. The van der Waals surface area contributed by atoms with Crippen LogP contribution in [0.2, 0.25) is 0 Å². The first-order valence-electron chi connectivity index (χ1n) is 9.41. The van der Waals surface area contributed by atoms with Crippen molar-refractivity contribution in [3.63, 3.8) is 0 Å². The van der Waals surface area contributed by atoms with E-state index >= 15 is 0 Å². The van der Waals surface area contributed by atoms with E-state index in [0.717, 1.165) is 37.6 Å². The van der Waals surface area contributed by atoms with Gasteiger partial charge in [-0.1, -0.05) is 26.0 Å². The van der Waals surface area contributed by atoms with Crippen molar-refractivity contribution in [1.29, 1.82) is 0 Å². The summed E-state index contributed by atoms with van der Waals surface area (Å²) in [4.78, 5) is 14.8. The zero-order valence-corrected chi connectivity index (χ0v) is 14.6. The van der Waals surface area contributed by atoms with Crippen molar-refractivity contribution in [3.05, 3.63) is 12.2 Å². The van der Waals surface area contributed by atoms with Crippen molar-refractivity contribution in [3.8, 4) is 0 Å². The van der Waals surface area contributed by atoms with Crippen LogP contribution >= 0.6 is 0 Å². The summed E-state index contributed by atoms with van der Waals surface area (Å²) in [5, 5.41) is 13.2. The quantitative estimate of drug-likeness (QED) is 0.738. The fourth-order valence-electron chi connectivity index (χ4n) is 4.47. The van der Waals surface area contributed by atoms with Crippen molar-refractivity contribution in [1.82, 2.24) is 10.2 Å². The summed E-state index contributed by atoms with van der Waals surface area (Å²) in [6.45, 7) is 6.73. The van der Waals surface area contributed by atoms with Crippen LogP contribution in [-0.2, 0) is 4.79 Å². The maximum atomic E-state index is 12.9. The van der Waals surface area contributed by atoms with Gasteiger partial charge in [-0.3, -0.25) is 4.79 Å². The van der Waals surface area contributed by atoms with Crippen molar-refractivity contribution in [2.45, 2.75) is 58.1 Å². The van der Waals surface area contributed by atoms with E-state index < -0.39 is 0 Å². The summed E-state index contributed by atoms with van der Waals surface area (Å²) in [5.74, 6) is 2.97. The Morgan fingerprint density at radius 3 is 2.57 bits per heavy atom. The molecule has 0 unspecified atom stereocenters. The van der Waals surface area contributed by atoms with Crippen molar-refractivity contribution < 1.29 is 9.90 Å². The van der Waals surface area contributed by atoms with E-state index in [9.17, 15) is 9.90 Å². The average Bonchev–Trinajstić information content (AvgIpc) is 3.14. The molecule has 0 aromatic rings. The number of piperidine rings is 1. The minimum atomic E-state index is -0.226. The van der Waals surface area contributed by atoms with Gasteiger partial charge in [0.1, 0.15) is 0 Å². The van der Waals surface area contributed by atoms with Crippen LogP contribution in [0.3, 0.4) is 0 Å². The number of carbonyl (C=O) groups excluding carboxylic acids is 1. The first-order chi connectivity index (χ1) is 11.0.